The first-order valence-electron chi connectivity index (χ1n) is 32.2. The highest BCUT2D eigenvalue weighted by atomic mass is 16.6. The van der Waals surface area contributed by atoms with Gasteiger partial charge in [-0.25, -0.2) is 15.0 Å². The average Bonchev–Trinajstić information content (AvgIpc) is 3.25. The first-order chi connectivity index (χ1) is 38.6. The zero-order valence-corrected chi connectivity index (χ0v) is 51.0. The molecule has 0 aromatic carbocycles. The van der Waals surface area contributed by atoms with Gasteiger partial charge in [0.05, 0.1) is 25.3 Å². The first-order valence-corrected chi connectivity index (χ1v) is 32.2. The van der Waals surface area contributed by atoms with Gasteiger partial charge in [0, 0.05) is 64.2 Å². The Morgan fingerprint density at radius 3 is 1.25 bits per heavy atom. The number of ether oxygens (including phenoxy) is 1. The second-order valence-electron chi connectivity index (χ2n) is 22.5. The van der Waals surface area contributed by atoms with Crippen molar-refractivity contribution in [3.63, 3.8) is 0 Å². The summed E-state index contributed by atoms with van der Waals surface area (Å²) >= 11 is 0. The Hall–Kier alpha value is -4.45. The maximum Gasteiger partial charge on any atom is 0.192 e. The van der Waals surface area contributed by atoms with Crippen LogP contribution in [0.3, 0.4) is 0 Å². The highest BCUT2D eigenvalue weighted by Crippen LogP contribution is 2.62. The number of aromatic nitrogens is 4. The molecule has 0 amide bonds. The highest BCUT2D eigenvalue weighted by Gasteiger charge is 2.80. The molecule has 2 aromatic heterocycles. The van der Waals surface area contributed by atoms with Crippen molar-refractivity contribution in [1.29, 1.82) is 0 Å². The minimum absolute atomic E-state index is 0.0267. The van der Waals surface area contributed by atoms with Crippen LogP contribution in [0.1, 0.15) is 311 Å². The zero-order valence-electron chi connectivity index (χ0n) is 51.0. The molecule has 1 unspecified atom stereocenters. The van der Waals surface area contributed by atoms with Crippen molar-refractivity contribution >= 4 is 17.0 Å². The number of imidazole rings is 1. The summed E-state index contributed by atoms with van der Waals surface area (Å²) in [6.45, 7) is 13.3. The molecule has 0 bridgehead atoms. The van der Waals surface area contributed by atoms with Crippen LogP contribution in [0, 0.1) is 71.0 Å². The van der Waals surface area contributed by atoms with Gasteiger partial charge < -0.3 is 25.8 Å². The summed E-state index contributed by atoms with van der Waals surface area (Å²) in [5, 5.41) is 42.0. The van der Waals surface area contributed by atoms with Gasteiger partial charge in [-0.2, -0.15) is 0 Å². The van der Waals surface area contributed by atoms with Crippen molar-refractivity contribution < 1.29 is 20.1 Å². The van der Waals surface area contributed by atoms with Crippen molar-refractivity contribution in [3.05, 3.63) is 12.2 Å². The summed E-state index contributed by atoms with van der Waals surface area (Å²) in [7, 11) is 0. The molecule has 3 heterocycles. The Balaban J connectivity index is 2.46. The van der Waals surface area contributed by atoms with Gasteiger partial charge in [0.15, 0.2) is 22.8 Å². The second kappa shape index (κ2) is 41.5. The van der Waals surface area contributed by atoms with Crippen molar-refractivity contribution in [1.82, 2.24) is 19.5 Å². The molecule has 1 aliphatic heterocycles. The van der Waals surface area contributed by atoms with E-state index < -0.39 is 28.6 Å². The van der Waals surface area contributed by atoms with Gasteiger partial charge in [0.1, 0.15) is 22.5 Å². The summed E-state index contributed by atoms with van der Waals surface area (Å²) < 4.78 is 9.44. The lowest BCUT2D eigenvalue weighted by Crippen LogP contribution is -2.68. The summed E-state index contributed by atoms with van der Waals surface area (Å²) in [6.07, 6.45) is 37.1. The molecule has 0 spiro atoms. The van der Waals surface area contributed by atoms with E-state index in [-0.39, 0.29) is 44.3 Å². The fourth-order valence-corrected chi connectivity index (χ4v) is 10.9. The van der Waals surface area contributed by atoms with E-state index in [1.807, 2.05) is 0 Å². The number of nitrogens with two attached hydrogens (primary N) is 1. The van der Waals surface area contributed by atoms with Crippen LogP contribution in [0.15, 0.2) is 6.33 Å². The lowest BCUT2D eigenvalue weighted by Gasteiger charge is -2.47. The molecule has 438 valence electrons. The van der Waals surface area contributed by atoms with Crippen molar-refractivity contribution in [2.24, 2.45) is 0 Å². The fourth-order valence-electron chi connectivity index (χ4n) is 10.9. The summed E-state index contributed by atoms with van der Waals surface area (Å²) in [5.74, 6) is 41.1. The highest BCUT2D eigenvalue weighted by molar-refractivity contribution is 5.82. The number of aliphatic hydroxyl groups is 3. The number of nitrogen functional groups attached to an aromatic ring is 1. The van der Waals surface area contributed by atoms with Crippen LogP contribution in [0.4, 0.5) is 5.82 Å². The van der Waals surface area contributed by atoms with E-state index in [1.54, 1.807) is 10.9 Å². The fraction of sp³-hybridized carbons (Fsp3) is 0.757. The molecule has 0 radical (unpaired) electrons. The molecule has 0 saturated carbocycles. The largest absolute Gasteiger partial charge is 0.389 e. The molecule has 2 aromatic rings. The molecular weight excluding hydrogens is 975 g/mol. The molecule has 1 saturated heterocycles. The predicted molar refractivity (Wildman–Crippen MR) is 331 cm³/mol. The Morgan fingerprint density at radius 2 is 0.823 bits per heavy atom. The van der Waals surface area contributed by atoms with Crippen LogP contribution in [-0.4, -0.2) is 57.7 Å². The van der Waals surface area contributed by atoms with Crippen LogP contribution < -0.4 is 5.73 Å². The van der Waals surface area contributed by atoms with Gasteiger partial charge in [-0.15, -0.1) is 53.3 Å². The van der Waals surface area contributed by atoms with Crippen molar-refractivity contribution in [2.75, 3.05) is 5.73 Å². The second-order valence-corrected chi connectivity index (χ2v) is 22.5. The predicted octanol–water partition coefficient (Wildman–Crippen LogP) is 16.3. The first kappa shape index (κ1) is 68.8. The Kier molecular flexibility index (Phi) is 36.2. The number of fused-ring (bicyclic) bond motifs is 1. The molecule has 9 nitrogen and oxygen atoms in total. The van der Waals surface area contributed by atoms with E-state index in [9.17, 15) is 15.3 Å². The van der Waals surface area contributed by atoms with Crippen LogP contribution in [-0.2, 0) is 16.9 Å². The van der Waals surface area contributed by atoms with Gasteiger partial charge in [0.2, 0.25) is 0 Å². The summed E-state index contributed by atoms with van der Waals surface area (Å²) in [5.41, 5.74) is -1.08. The molecule has 5 atom stereocenters. The van der Waals surface area contributed by atoms with E-state index >= 15 is 0 Å². The topological polar surface area (TPSA) is 140 Å². The normalized spacial score (nSPS) is 19.6. The lowest BCUT2D eigenvalue weighted by atomic mass is 9.63. The number of rotatable bonds is 38. The van der Waals surface area contributed by atoms with E-state index in [4.69, 9.17) is 20.4 Å². The van der Waals surface area contributed by atoms with Gasteiger partial charge in [-0.05, 0) is 38.5 Å². The van der Waals surface area contributed by atoms with Gasteiger partial charge >= 0.3 is 0 Å². The molecule has 1 fully saturated rings. The van der Waals surface area contributed by atoms with E-state index in [0.29, 0.717) is 49.1 Å². The third kappa shape index (κ3) is 22.4. The molecule has 5 N–H and O–H groups in total. The summed E-state index contributed by atoms with van der Waals surface area (Å²) in [4.78, 5) is 14.6. The molecule has 1 aliphatic rings. The maximum absolute atomic E-state index is 14.5. The Bertz CT molecular complexity index is 2340. The quantitative estimate of drug-likeness (QED) is 0.0385. The molecule has 9 heteroatoms. The van der Waals surface area contributed by atoms with Crippen LogP contribution in [0.25, 0.3) is 11.2 Å². The third-order valence-corrected chi connectivity index (χ3v) is 15.9. The van der Waals surface area contributed by atoms with Gasteiger partial charge in [0.25, 0.3) is 0 Å². The van der Waals surface area contributed by atoms with E-state index in [1.165, 1.54) is 64.2 Å². The molecule has 79 heavy (non-hydrogen) atoms. The Labute approximate surface area is 483 Å². The number of hydrogen-bond donors (Lipinski definition) is 4. The van der Waals surface area contributed by atoms with E-state index in [2.05, 4.69) is 118 Å². The third-order valence-electron chi connectivity index (χ3n) is 15.9. The maximum atomic E-state index is 14.5. The molecule has 0 aliphatic carbocycles. The van der Waals surface area contributed by atoms with Crippen LogP contribution in [0.5, 0.6) is 0 Å². The SMILES string of the molecule is CCCCCCCC#CCc1nc(N)c2ncn([C@]3(CC#CCCCCCCC)O[C@](CC#CCCCCCCC)(C(O)CC#CCCCCCCC)[C@](O)(CC#CCCCCCCC)[C@]3(O)CC#CCCCCCCC)c2n1. The summed E-state index contributed by atoms with van der Waals surface area (Å²) in [6, 6.07) is 0. The lowest BCUT2D eigenvalue weighted by molar-refractivity contribution is -0.221. The smallest absolute Gasteiger partial charge is 0.192 e. The van der Waals surface area contributed by atoms with E-state index in [0.717, 1.165) is 135 Å². The molecular formula is C70H109N5O4. The van der Waals surface area contributed by atoms with Gasteiger partial charge in [-0.3, -0.25) is 4.57 Å². The Morgan fingerprint density at radius 1 is 0.456 bits per heavy atom. The average molecular weight is 1080 g/mol. The zero-order chi connectivity index (χ0) is 57.2. The number of aliphatic hydroxyl groups excluding tert-OH is 1. The minimum atomic E-state index is -2.29. The van der Waals surface area contributed by atoms with Crippen LogP contribution in [0.2, 0.25) is 0 Å². The number of hydrogen-bond acceptors (Lipinski definition) is 8. The van der Waals surface area contributed by atoms with Crippen LogP contribution >= 0.6 is 0 Å². The standard InChI is InChI=1S/C70H109N5O4/c1-7-13-19-25-31-37-43-49-55-62(76)67(57-51-45-39-33-27-21-15-9-3)68(77,58-52-46-40-34-28-22-16-10-4)69(78,59-53-47-41-35-29-23-17-11-5)70(79-67,60-54-48-42-36-30-24-18-12-6)75-61-72-64-65(71)73-63(74-66(64)75)56-50-44-38-32-26-20-14-8-2/h61-62,76-78H,7-42,55-60H2,1-6H3,(H2,71,73,74)/t62?,67-,68-,69-,70-/m1/s1. The molecule has 3 rings (SSSR count). The van der Waals surface area contributed by atoms with Gasteiger partial charge in [-0.1, -0.05) is 213 Å². The number of unbranched alkanes of at least 4 members (excludes halogenated alkanes) is 30. The number of nitrogens with zero attached hydrogens (tertiary/aromatic N) is 4. The minimum Gasteiger partial charge on any atom is -0.389 e. The number of anilines is 1. The van der Waals surface area contributed by atoms with Crippen molar-refractivity contribution in [3.8, 4) is 71.0 Å². The van der Waals surface area contributed by atoms with Crippen molar-refractivity contribution in [2.45, 2.75) is 340 Å². The monoisotopic (exact) mass is 1080 g/mol.